The predicted molar refractivity (Wildman–Crippen MR) is 193 cm³/mol. The van der Waals surface area contributed by atoms with Gasteiger partial charge in [-0.25, -0.2) is 0 Å². The molecule has 2 saturated heterocycles. The molecular weight excluding hydrogens is 667 g/mol. The third-order valence-electron chi connectivity index (χ3n) is 10.4. The molecule has 4 aromatic carbocycles. The molecule has 2 N–H and O–H groups in total. The molecule has 52 heavy (non-hydrogen) atoms. The zero-order valence-corrected chi connectivity index (χ0v) is 32.3. The van der Waals surface area contributed by atoms with Crippen molar-refractivity contribution in [3.05, 3.63) is 130 Å². The molecule has 4 aliphatic rings. The van der Waals surface area contributed by atoms with E-state index in [4.69, 9.17) is 19.3 Å². The first-order valence-electron chi connectivity index (χ1n) is 17.7. The number of nitrogens with zero attached hydrogens (tertiary/aromatic N) is 2. The largest absolute Gasteiger partial charge is 1.00 e. The Kier molecular flexibility index (Phi) is 13.2. The Morgan fingerprint density at radius 2 is 1.06 bits per heavy atom. The Morgan fingerprint density at radius 1 is 0.635 bits per heavy atom. The van der Waals surface area contributed by atoms with E-state index < -0.39 is 5.97 Å². The first kappa shape index (κ1) is 39.5. The number of likely N-dealkylation sites (tertiary alicyclic amines) is 2. The second kappa shape index (κ2) is 17.4. The van der Waals surface area contributed by atoms with Gasteiger partial charge in [0, 0.05) is 37.0 Å². The normalized spacial score (nSPS) is 17.2. The summed E-state index contributed by atoms with van der Waals surface area (Å²) in [6, 6.07) is 33.3. The number of benzene rings is 4. The van der Waals surface area contributed by atoms with E-state index in [0.29, 0.717) is 31.8 Å². The zero-order chi connectivity index (χ0) is 34.6. The van der Waals surface area contributed by atoms with E-state index in [0.717, 1.165) is 68.9 Å². The van der Waals surface area contributed by atoms with Gasteiger partial charge in [-0.15, -0.1) is 0 Å². The SMILES string of the molecule is CCOC(=O)CN1CC2(Cc3ccc(OCc4ccccc4)cc3C2)C1.O=C(O)CN1CC2(Cc3ccc(OCc4ccccc4)cc3C2)C1.[Na+].[OH-]. The number of hydrogen-bond donors (Lipinski definition) is 1. The van der Waals surface area contributed by atoms with Crippen molar-refractivity contribution in [2.24, 2.45) is 10.8 Å². The summed E-state index contributed by atoms with van der Waals surface area (Å²) in [5.41, 5.74) is 8.45. The fourth-order valence-corrected chi connectivity index (χ4v) is 8.34. The van der Waals surface area contributed by atoms with E-state index in [1.165, 1.54) is 27.8 Å². The Bertz CT molecular complexity index is 1810. The van der Waals surface area contributed by atoms with Gasteiger partial charge in [0.15, 0.2) is 0 Å². The first-order chi connectivity index (χ1) is 24.3. The van der Waals surface area contributed by atoms with Crippen molar-refractivity contribution in [1.82, 2.24) is 9.80 Å². The molecule has 0 unspecified atom stereocenters. The summed E-state index contributed by atoms with van der Waals surface area (Å²) in [4.78, 5) is 26.6. The molecule has 268 valence electrons. The molecule has 8 rings (SSSR count). The van der Waals surface area contributed by atoms with Crippen LogP contribution in [-0.2, 0) is 53.2 Å². The van der Waals surface area contributed by atoms with Gasteiger partial charge in [-0.1, -0.05) is 72.8 Å². The molecule has 0 saturated carbocycles. The topological polar surface area (TPSA) is 119 Å². The van der Waals surface area contributed by atoms with Gasteiger partial charge in [-0.3, -0.25) is 19.4 Å². The minimum absolute atomic E-state index is 0. The maximum Gasteiger partial charge on any atom is 1.00 e. The molecule has 2 aliphatic heterocycles. The van der Waals surface area contributed by atoms with Gasteiger partial charge < -0.3 is 24.8 Å². The molecule has 2 heterocycles. The van der Waals surface area contributed by atoms with Crippen molar-refractivity contribution in [2.75, 3.05) is 45.9 Å². The number of aliphatic carboxylic acids is 1. The number of carboxylic acid groups (broad SMARTS) is 1. The van der Waals surface area contributed by atoms with Crippen LogP contribution in [0.5, 0.6) is 11.5 Å². The van der Waals surface area contributed by atoms with Crippen LogP contribution in [0.15, 0.2) is 97.1 Å². The third-order valence-corrected chi connectivity index (χ3v) is 10.4. The number of fused-ring (bicyclic) bond motifs is 2. The van der Waals surface area contributed by atoms with Crippen LogP contribution in [-0.4, -0.2) is 78.2 Å². The number of carboxylic acids is 1. The Labute approximate surface area is 328 Å². The second-order valence-electron chi connectivity index (χ2n) is 14.6. The standard InChI is InChI=1S/C22H25NO3.C20H21NO3.Na.H2O/c1-2-25-21(24)13-23-15-22(16-23)11-18-8-9-20(10-19(18)12-22)26-14-17-6-4-3-5-7-17;22-19(23)11-21-13-20(14-21)9-16-6-7-18(8-17(16)10-20)24-12-15-4-2-1-3-5-15;;/h3-10H,2,11-16H2,1H3;1-8H,9-14H2,(H,22,23);;1H2/q;;+1;/p-1. The maximum absolute atomic E-state index is 11.6. The molecular formula is C42H47N2NaO7. The molecule has 9 nitrogen and oxygen atoms in total. The summed E-state index contributed by atoms with van der Waals surface area (Å²) in [5, 5.41) is 8.88. The maximum atomic E-state index is 11.6. The second-order valence-corrected chi connectivity index (χ2v) is 14.6. The molecule has 0 bridgehead atoms. The fraction of sp³-hybridized carbons (Fsp3) is 0.381. The van der Waals surface area contributed by atoms with E-state index in [2.05, 4.69) is 65.6 Å². The minimum Gasteiger partial charge on any atom is -0.870 e. The molecule has 0 atom stereocenters. The molecule has 2 spiro atoms. The molecule has 2 fully saturated rings. The monoisotopic (exact) mass is 714 g/mol. The summed E-state index contributed by atoms with van der Waals surface area (Å²) in [5.74, 6) is 0.996. The zero-order valence-electron chi connectivity index (χ0n) is 30.3. The molecule has 0 radical (unpaired) electrons. The van der Waals surface area contributed by atoms with Crippen molar-refractivity contribution in [3.63, 3.8) is 0 Å². The summed E-state index contributed by atoms with van der Waals surface area (Å²) < 4.78 is 16.9. The average molecular weight is 715 g/mol. The van der Waals surface area contributed by atoms with Gasteiger partial charge in [0.1, 0.15) is 24.7 Å². The van der Waals surface area contributed by atoms with Crippen LogP contribution in [0.3, 0.4) is 0 Å². The van der Waals surface area contributed by atoms with Crippen LogP contribution in [0.1, 0.15) is 40.3 Å². The van der Waals surface area contributed by atoms with E-state index in [9.17, 15) is 9.59 Å². The number of ether oxygens (including phenoxy) is 3. The Hall–Kier alpha value is -3.70. The minimum atomic E-state index is -0.739. The first-order valence-corrected chi connectivity index (χ1v) is 17.7. The van der Waals surface area contributed by atoms with Crippen molar-refractivity contribution >= 4 is 11.9 Å². The van der Waals surface area contributed by atoms with Crippen LogP contribution >= 0.6 is 0 Å². The predicted octanol–water partition coefficient (Wildman–Crippen LogP) is 2.81. The van der Waals surface area contributed by atoms with Gasteiger partial charge in [-0.2, -0.15) is 0 Å². The van der Waals surface area contributed by atoms with Crippen LogP contribution < -0.4 is 39.0 Å². The number of carbonyl (C=O) groups is 2. The average Bonchev–Trinajstić information content (AvgIpc) is 3.66. The van der Waals surface area contributed by atoms with E-state index in [1.807, 2.05) is 48.2 Å². The van der Waals surface area contributed by atoms with Gasteiger partial charge in [0.25, 0.3) is 0 Å². The number of hydrogen-bond acceptors (Lipinski definition) is 8. The van der Waals surface area contributed by atoms with Crippen LogP contribution in [0, 0.1) is 10.8 Å². The summed E-state index contributed by atoms with van der Waals surface area (Å²) >= 11 is 0. The Balaban J connectivity index is 0.000000194. The van der Waals surface area contributed by atoms with Gasteiger partial charge in [-0.05, 0) is 90.3 Å². The number of carbonyl (C=O) groups excluding carboxylic acids is 1. The van der Waals surface area contributed by atoms with Gasteiger partial charge in [0.05, 0.1) is 19.7 Å². The molecule has 0 aromatic heterocycles. The van der Waals surface area contributed by atoms with E-state index >= 15 is 0 Å². The van der Waals surface area contributed by atoms with Crippen molar-refractivity contribution in [2.45, 2.75) is 45.8 Å². The molecule has 0 amide bonds. The third kappa shape index (κ3) is 9.64. The molecule has 10 heteroatoms. The van der Waals surface area contributed by atoms with Crippen LogP contribution in [0.4, 0.5) is 0 Å². The number of rotatable bonds is 11. The summed E-state index contributed by atoms with van der Waals surface area (Å²) in [7, 11) is 0. The van der Waals surface area contributed by atoms with Crippen molar-refractivity contribution in [1.29, 1.82) is 0 Å². The van der Waals surface area contributed by atoms with Gasteiger partial charge in [0.2, 0.25) is 0 Å². The fourth-order valence-electron chi connectivity index (χ4n) is 8.34. The molecule has 4 aromatic rings. The number of esters is 1. The van der Waals surface area contributed by atoms with Gasteiger partial charge >= 0.3 is 41.5 Å². The molecule has 2 aliphatic carbocycles. The quantitative estimate of drug-likeness (QED) is 0.185. The summed E-state index contributed by atoms with van der Waals surface area (Å²) in [6.07, 6.45) is 4.25. The van der Waals surface area contributed by atoms with Crippen molar-refractivity contribution in [3.8, 4) is 11.5 Å². The van der Waals surface area contributed by atoms with Crippen LogP contribution in [0.2, 0.25) is 0 Å². The van der Waals surface area contributed by atoms with E-state index in [1.54, 1.807) is 0 Å². The van der Waals surface area contributed by atoms with Crippen LogP contribution in [0.25, 0.3) is 0 Å². The van der Waals surface area contributed by atoms with E-state index in [-0.39, 0.29) is 53.0 Å². The summed E-state index contributed by atoms with van der Waals surface area (Å²) in [6.45, 7) is 7.76. The van der Waals surface area contributed by atoms with Crippen molar-refractivity contribution < 1.29 is 63.9 Å². The smallest absolute Gasteiger partial charge is 0.870 e. The Morgan fingerprint density at radius 3 is 1.48 bits per heavy atom.